The molecular weight excluding hydrogens is 298 g/mol. The zero-order valence-electron chi connectivity index (χ0n) is 15.2. The average Bonchev–Trinajstić information content (AvgIpc) is 2.65. The number of rotatable bonds is 9. The molecule has 0 spiro atoms. The van der Waals surface area contributed by atoms with E-state index in [1.165, 1.54) is 18.4 Å². The monoisotopic (exact) mass is 327 g/mol. The molecule has 0 aliphatic carbocycles. The Kier molecular flexibility index (Phi) is 7.13. The van der Waals surface area contributed by atoms with Gasteiger partial charge in [-0.15, -0.1) is 0 Å². The normalized spacial score (nSPS) is 13.3. The number of ether oxygens (including phenoxy) is 2. The van der Waals surface area contributed by atoms with Crippen molar-refractivity contribution in [3.8, 4) is 11.5 Å². The summed E-state index contributed by atoms with van der Waals surface area (Å²) < 4.78 is 10.9. The Morgan fingerprint density at radius 2 is 1.75 bits per heavy atom. The van der Waals surface area contributed by atoms with Crippen LogP contribution in [0.5, 0.6) is 11.5 Å². The molecule has 0 bridgehead atoms. The topological polar surface area (TPSA) is 30.5 Å². The van der Waals surface area contributed by atoms with Crippen LogP contribution in [-0.4, -0.2) is 14.2 Å². The summed E-state index contributed by atoms with van der Waals surface area (Å²) in [7, 11) is 3.40. The Hall–Kier alpha value is -2.00. The highest BCUT2D eigenvalue weighted by molar-refractivity contribution is 5.42. The van der Waals surface area contributed by atoms with E-state index in [-0.39, 0.29) is 6.04 Å². The molecule has 0 saturated carbocycles. The molecule has 2 rings (SSSR count). The lowest BCUT2D eigenvalue weighted by molar-refractivity contribution is 0.380. The summed E-state index contributed by atoms with van der Waals surface area (Å²) in [5.74, 6) is 1.74. The molecule has 0 fully saturated rings. The fourth-order valence-electron chi connectivity index (χ4n) is 3.01. The summed E-state index contributed by atoms with van der Waals surface area (Å²) in [6, 6.07) is 17.1. The highest BCUT2D eigenvalue weighted by Crippen LogP contribution is 2.31. The second-order valence-electron chi connectivity index (χ2n) is 6.10. The minimum Gasteiger partial charge on any atom is -0.497 e. The SMILES string of the molecule is CCCC[C@@H](N[C@H](C)c1cc(OC)ccc1OC)c1ccccc1. The molecule has 2 aromatic carbocycles. The van der Waals surface area contributed by atoms with Crippen molar-refractivity contribution in [2.75, 3.05) is 14.2 Å². The molecule has 3 nitrogen and oxygen atoms in total. The maximum atomic E-state index is 5.54. The smallest absolute Gasteiger partial charge is 0.123 e. The average molecular weight is 327 g/mol. The zero-order valence-corrected chi connectivity index (χ0v) is 15.2. The first-order valence-electron chi connectivity index (χ1n) is 8.72. The van der Waals surface area contributed by atoms with Crippen LogP contribution in [0.15, 0.2) is 48.5 Å². The van der Waals surface area contributed by atoms with Gasteiger partial charge in [0.25, 0.3) is 0 Å². The van der Waals surface area contributed by atoms with Crippen LogP contribution in [0.2, 0.25) is 0 Å². The second-order valence-corrected chi connectivity index (χ2v) is 6.10. The zero-order chi connectivity index (χ0) is 17.4. The van der Waals surface area contributed by atoms with Crippen LogP contribution in [-0.2, 0) is 0 Å². The molecule has 2 aromatic rings. The van der Waals surface area contributed by atoms with Gasteiger partial charge in [0.15, 0.2) is 0 Å². The summed E-state index contributed by atoms with van der Waals surface area (Å²) in [6.07, 6.45) is 3.52. The Labute approximate surface area is 146 Å². The van der Waals surface area contributed by atoms with Crippen LogP contribution in [0, 0.1) is 0 Å². The quantitative estimate of drug-likeness (QED) is 0.679. The highest BCUT2D eigenvalue weighted by Gasteiger charge is 2.18. The minimum absolute atomic E-state index is 0.164. The maximum absolute atomic E-state index is 5.54. The van der Waals surface area contributed by atoms with Gasteiger partial charge in [-0.1, -0.05) is 50.1 Å². The molecule has 2 atom stereocenters. The first-order chi connectivity index (χ1) is 11.7. The van der Waals surface area contributed by atoms with Crippen LogP contribution in [0.1, 0.15) is 56.3 Å². The Balaban J connectivity index is 2.22. The number of unbranched alkanes of at least 4 members (excludes halogenated alkanes) is 1. The predicted octanol–water partition coefficient (Wildman–Crippen LogP) is 5.29. The molecule has 0 amide bonds. The van der Waals surface area contributed by atoms with Gasteiger partial charge in [-0.25, -0.2) is 0 Å². The summed E-state index contributed by atoms with van der Waals surface area (Å²) in [5.41, 5.74) is 2.45. The van der Waals surface area contributed by atoms with Crippen LogP contribution in [0.4, 0.5) is 0 Å². The van der Waals surface area contributed by atoms with Crippen molar-refractivity contribution in [2.24, 2.45) is 0 Å². The third kappa shape index (κ3) is 4.75. The van der Waals surface area contributed by atoms with Gasteiger partial charge in [0, 0.05) is 17.6 Å². The van der Waals surface area contributed by atoms with Crippen molar-refractivity contribution in [1.82, 2.24) is 5.32 Å². The molecule has 0 aliphatic rings. The number of hydrogen-bond donors (Lipinski definition) is 1. The molecule has 0 aromatic heterocycles. The van der Waals surface area contributed by atoms with E-state index in [9.17, 15) is 0 Å². The molecule has 3 heteroatoms. The first-order valence-corrected chi connectivity index (χ1v) is 8.72. The van der Waals surface area contributed by atoms with E-state index in [4.69, 9.17) is 9.47 Å². The third-order valence-electron chi connectivity index (χ3n) is 4.40. The van der Waals surface area contributed by atoms with Crippen molar-refractivity contribution in [2.45, 2.75) is 45.2 Å². The van der Waals surface area contributed by atoms with Gasteiger partial charge < -0.3 is 14.8 Å². The van der Waals surface area contributed by atoms with E-state index in [0.29, 0.717) is 6.04 Å². The van der Waals surface area contributed by atoms with Crippen molar-refractivity contribution in [3.05, 3.63) is 59.7 Å². The maximum Gasteiger partial charge on any atom is 0.123 e. The van der Waals surface area contributed by atoms with E-state index in [0.717, 1.165) is 23.5 Å². The molecule has 24 heavy (non-hydrogen) atoms. The molecule has 0 unspecified atom stereocenters. The van der Waals surface area contributed by atoms with E-state index < -0.39 is 0 Å². The first kappa shape index (κ1) is 18.3. The Morgan fingerprint density at radius 3 is 2.38 bits per heavy atom. The van der Waals surface area contributed by atoms with E-state index in [1.807, 2.05) is 12.1 Å². The van der Waals surface area contributed by atoms with Gasteiger partial charge in [-0.3, -0.25) is 0 Å². The largest absolute Gasteiger partial charge is 0.497 e. The lowest BCUT2D eigenvalue weighted by Gasteiger charge is -2.25. The number of nitrogens with one attached hydrogen (secondary N) is 1. The van der Waals surface area contributed by atoms with Gasteiger partial charge in [0.05, 0.1) is 14.2 Å². The van der Waals surface area contributed by atoms with Crippen molar-refractivity contribution in [1.29, 1.82) is 0 Å². The summed E-state index contributed by atoms with van der Waals surface area (Å²) in [4.78, 5) is 0. The van der Waals surface area contributed by atoms with Gasteiger partial charge in [0.1, 0.15) is 11.5 Å². The van der Waals surface area contributed by atoms with E-state index in [2.05, 4.69) is 55.6 Å². The van der Waals surface area contributed by atoms with Gasteiger partial charge in [-0.2, -0.15) is 0 Å². The highest BCUT2D eigenvalue weighted by atomic mass is 16.5. The van der Waals surface area contributed by atoms with Gasteiger partial charge in [0.2, 0.25) is 0 Å². The molecule has 0 aliphatic heterocycles. The van der Waals surface area contributed by atoms with Crippen LogP contribution in [0.3, 0.4) is 0 Å². The second kappa shape index (κ2) is 9.33. The third-order valence-corrected chi connectivity index (χ3v) is 4.40. The Bertz CT molecular complexity index is 612. The molecule has 0 heterocycles. The molecule has 0 radical (unpaired) electrons. The lowest BCUT2D eigenvalue weighted by atomic mass is 9.98. The van der Waals surface area contributed by atoms with Crippen molar-refractivity contribution in [3.63, 3.8) is 0 Å². The predicted molar refractivity (Wildman–Crippen MR) is 99.8 cm³/mol. The number of hydrogen-bond acceptors (Lipinski definition) is 3. The van der Waals surface area contributed by atoms with Gasteiger partial charge >= 0.3 is 0 Å². The van der Waals surface area contributed by atoms with Crippen molar-refractivity contribution >= 4 is 0 Å². The fourth-order valence-corrected chi connectivity index (χ4v) is 3.01. The van der Waals surface area contributed by atoms with Crippen molar-refractivity contribution < 1.29 is 9.47 Å². The van der Waals surface area contributed by atoms with Crippen LogP contribution in [0.25, 0.3) is 0 Å². The standard InChI is InChI=1S/C21H29NO2/c1-5-6-12-20(17-10-8-7-9-11-17)22-16(2)19-15-18(23-3)13-14-21(19)24-4/h7-11,13-16,20,22H,5-6,12H2,1-4H3/t16-,20-/m1/s1. The van der Waals surface area contributed by atoms with Gasteiger partial charge in [-0.05, 0) is 37.1 Å². The summed E-state index contributed by atoms with van der Waals surface area (Å²) in [6.45, 7) is 4.41. The number of benzene rings is 2. The van der Waals surface area contributed by atoms with Crippen LogP contribution < -0.4 is 14.8 Å². The lowest BCUT2D eigenvalue weighted by Crippen LogP contribution is -2.25. The fraction of sp³-hybridized carbons (Fsp3) is 0.429. The van der Waals surface area contributed by atoms with Crippen LogP contribution >= 0.6 is 0 Å². The number of methoxy groups -OCH3 is 2. The van der Waals surface area contributed by atoms with E-state index in [1.54, 1.807) is 14.2 Å². The Morgan fingerprint density at radius 1 is 1.00 bits per heavy atom. The minimum atomic E-state index is 0.164. The molecular formula is C21H29NO2. The summed E-state index contributed by atoms with van der Waals surface area (Å²) >= 11 is 0. The van der Waals surface area contributed by atoms with E-state index >= 15 is 0 Å². The molecule has 1 N–H and O–H groups in total. The molecule has 0 saturated heterocycles. The summed E-state index contributed by atoms with van der Waals surface area (Å²) in [5, 5.41) is 3.77. The molecule has 130 valence electrons.